The Bertz CT molecular complexity index is 1120. The van der Waals surface area contributed by atoms with E-state index in [-0.39, 0.29) is 6.04 Å². The first-order chi connectivity index (χ1) is 13.2. The van der Waals surface area contributed by atoms with E-state index in [0.717, 1.165) is 17.1 Å². The number of nitrogens with zero attached hydrogens (tertiary/aromatic N) is 1. The largest absolute Gasteiger partial charge is 0.373 e. The molecule has 0 bridgehead atoms. The number of para-hydroxylation sites is 1. The molecule has 4 aromatic rings. The van der Waals surface area contributed by atoms with E-state index in [2.05, 4.69) is 89.7 Å². The van der Waals surface area contributed by atoms with Gasteiger partial charge in [-0.2, -0.15) is 0 Å². The van der Waals surface area contributed by atoms with Gasteiger partial charge >= 0.3 is 0 Å². The fraction of sp³-hybridized carbons (Fsp3) is 0.130. The molecule has 0 saturated heterocycles. The number of rotatable bonds is 2. The summed E-state index contributed by atoms with van der Waals surface area (Å²) in [4.78, 5) is 2.56. The Balaban J connectivity index is 1.60. The summed E-state index contributed by atoms with van der Waals surface area (Å²) in [6.45, 7) is 3.00. The van der Waals surface area contributed by atoms with Gasteiger partial charge in [0.2, 0.25) is 0 Å². The molecule has 0 saturated carbocycles. The second kappa shape index (κ2) is 6.59. The number of thiophene rings is 1. The molecule has 1 aliphatic rings. The van der Waals surface area contributed by atoms with E-state index >= 15 is 0 Å². The minimum atomic E-state index is 0.0234. The third-order valence-electron chi connectivity index (χ3n) is 5.15. The van der Waals surface area contributed by atoms with Crippen molar-refractivity contribution in [3.8, 4) is 10.4 Å². The predicted molar refractivity (Wildman–Crippen MR) is 115 cm³/mol. The number of halogens is 1. The number of benzene rings is 2. The van der Waals surface area contributed by atoms with Crippen LogP contribution in [0, 0.1) is 6.92 Å². The lowest BCUT2D eigenvalue weighted by molar-refractivity contribution is 0.740. The van der Waals surface area contributed by atoms with E-state index in [1.807, 2.05) is 0 Å². The lowest BCUT2D eigenvalue weighted by atomic mass is 10.0. The van der Waals surface area contributed by atoms with Crippen molar-refractivity contribution < 1.29 is 0 Å². The third-order valence-corrected chi connectivity index (χ3v) is 6.53. The molecule has 2 aromatic carbocycles. The fourth-order valence-electron chi connectivity index (χ4n) is 3.79. The number of hydrogen-bond acceptors (Lipinski definition) is 2. The first-order valence-corrected chi connectivity index (χ1v) is 10.2. The van der Waals surface area contributed by atoms with Crippen molar-refractivity contribution >= 4 is 28.6 Å². The van der Waals surface area contributed by atoms with Gasteiger partial charge in [-0.3, -0.25) is 0 Å². The smallest absolute Gasteiger partial charge is 0.0934 e. The molecule has 27 heavy (non-hydrogen) atoms. The van der Waals surface area contributed by atoms with E-state index in [1.54, 1.807) is 11.3 Å². The van der Waals surface area contributed by atoms with Gasteiger partial charge in [0.15, 0.2) is 0 Å². The molecule has 2 nitrogen and oxygen atoms in total. The number of aryl methyl sites for hydroxylation is 1. The second-order valence-corrected chi connectivity index (χ2v) is 8.64. The maximum atomic E-state index is 6.79. The molecule has 4 heteroatoms. The normalized spacial score (nSPS) is 15.6. The average molecular weight is 391 g/mol. The fourth-order valence-corrected chi connectivity index (χ4v) is 4.94. The van der Waals surface area contributed by atoms with Crippen LogP contribution >= 0.6 is 22.9 Å². The van der Waals surface area contributed by atoms with Crippen molar-refractivity contribution in [1.29, 1.82) is 0 Å². The number of anilines is 1. The van der Waals surface area contributed by atoms with E-state index < -0.39 is 0 Å². The first kappa shape index (κ1) is 16.7. The number of fused-ring (bicyclic) bond motifs is 2. The minimum absolute atomic E-state index is 0.0234. The molecule has 0 aliphatic carbocycles. The van der Waals surface area contributed by atoms with Crippen LogP contribution in [-0.2, 0) is 6.54 Å². The molecule has 1 atom stereocenters. The Hall–Kier alpha value is -2.49. The van der Waals surface area contributed by atoms with Gasteiger partial charge in [0.25, 0.3) is 0 Å². The number of aromatic nitrogens is 1. The van der Waals surface area contributed by atoms with Crippen LogP contribution in [0.4, 0.5) is 5.69 Å². The summed E-state index contributed by atoms with van der Waals surface area (Å²) in [5.74, 6) is 0. The highest BCUT2D eigenvalue weighted by Gasteiger charge is 2.24. The van der Waals surface area contributed by atoms with Gasteiger partial charge in [-0.1, -0.05) is 41.9 Å². The maximum Gasteiger partial charge on any atom is 0.0934 e. The SMILES string of the molecule is Cc1ccc(-c2ccc(C3Nc4ccccc4Cn4cccc43)c(Cl)c2)s1. The van der Waals surface area contributed by atoms with Crippen LogP contribution in [0.2, 0.25) is 5.02 Å². The standard InChI is InChI=1S/C23H19ClN2S/c1-15-8-11-22(27-15)16-9-10-18(19(24)13-16)23-21-7-4-12-26(21)14-17-5-2-3-6-20(17)25-23/h2-13,23,25H,14H2,1H3. The molecule has 0 radical (unpaired) electrons. The van der Waals surface area contributed by atoms with Gasteiger partial charge in [0.1, 0.15) is 0 Å². The second-order valence-electron chi connectivity index (χ2n) is 6.94. The van der Waals surface area contributed by atoms with Gasteiger partial charge in [-0.05, 0) is 60.0 Å². The molecule has 1 aliphatic heterocycles. The van der Waals surface area contributed by atoms with Crippen LogP contribution in [0.5, 0.6) is 0 Å². The van der Waals surface area contributed by atoms with Crippen LogP contribution < -0.4 is 5.32 Å². The summed E-state index contributed by atoms with van der Waals surface area (Å²) in [5.41, 5.74) is 5.96. The average Bonchev–Trinajstić information content (AvgIpc) is 3.27. The highest BCUT2D eigenvalue weighted by molar-refractivity contribution is 7.15. The quantitative estimate of drug-likeness (QED) is 0.401. The summed E-state index contributed by atoms with van der Waals surface area (Å²) >= 11 is 8.59. The lowest BCUT2D eigenvalue weighted by Gasteiger charge is -2.21. The molecule has 5 rings (SSSR count). The molecule has 3 heterocycles. The van der Waals surface area contributed by atoms with E-state index in [9.17, 15) is 0 Å². The van der Waals surface area contributed by atoms with Crippen LogP contribution in [0.25, 0.3) is 10.4 Å². The molecular formula is C23H19ClN2S. The lowest BCUT2D eigenvalue weighted by Crippen LogP contribution is -2.14. The Morgan fingerprint density at radius 1 is 1.04 bits per heavy atom. The van der Waals surface area contributed by atoms with Gasteiger partial charge < -0.3 is 9.88 Å². The van der Waals surface area contributed by atoms with E-state index in [4.69, 9.17) is 11.6 Å². The molecule has 134 valence electrons. The summed E-state index contributed by atoms with van der Waals surface area (Å²) in [6.07, 6.45) is 2.14. The van der Waals surface area contributed by atoms with Crippen LogP contribution in [-0.4, -0.2) is 4.57 Å². The van der Waals surface area contributed by atoms with Crippen molar-refractivity contribution in [2.45, 2.75) is 19.5 Å². The van der Waals surface area contributed by atoms with Crippen LogP contribution in [0.15, 0.2) is 72.9 Å². The minimum Gasteiger partial charge on any atom is -0.373 e. The molecule has 0 fully saturated rings. The maximum absolute atomic E-state index is 6.79. The summed E-state index contributed by atoms with van der Waals surface area (Å²) < 4.78 is 2.30. The summed E-state index contributed by atoms with van der Waals surface area (Å²) in [6, 6.07) is 23.5. The van der Waals surface area contributed by atoms with Gasteiger partial charge in [-0.15, -0.1) is 11.3 Å². The Kier molecular flexibility index (Phi) is 4.07. The molecule has 1 unspecified atom stereocenters. The van der Waals surface area contributed by atoms with Crippen molar-refractivity contribution in [3.63, 3.8) is 0 Å². The first-order valence-electron chi connectivity index (χ1n) is 9.05. The van der Waals surface area contributed by atoms with E-state index in [0.29, 0.717) is 0 Å². The van der Waals surface area contributed by atoms with Crippen molar-refractivity contribution in [2.75, 3.05) is 5.32 Å². The Morgan fingerprint density at radius 3 is 2.74 bits per heavy atom. The number of hydrogen-bond donors (Lipinski definition) is 1. The zero-order valence-corrected chi connectivity index (χ0v) is 16.5. The summed E-state index contributed by atoms with van der Waals surface area (Å²) in [7, 11) is 0. The monoisotopic (exact) mass is 390 g/mol. The zero-order valence-electron chi connectivity index (χ0n) is 14.9. The van der Waals surface area contributed by atoms with E-state index in [1.165, 1.54) is 32.3 Å². The van der Waals surface area contributed by atoms with Crippen molar-refractivity contribution in [2.24, 2.45) is 0 Å². The topological polar surface area (TPSA) is 17.0 Å². The molecule has 0 amide bonds. The predicted octanol–water partition coefficient (Wildman–Crippen LogP) is 6.74. The molecule has 0 spiro atoms. The molecular weight excluding hydrogens is 372 g/mol. The Morgan fingerprint density at radius 2 is 1.93 bits per heavy atom. The summed E-state index contributed by atoms with van der Waals surface area (Å²) in [5, 5.41) is 4.51. The third kappa shape index (κ3) is 2.97. The Labute approximate surface area is 168 Å². The van der Waals surface area contributed by atoms with Gasteiger partial charge in [-0.25, -0.2) is 0 Å². The number of nitrogens with one attached hydrogen (secondary N) is 1. The highest BCUT2D eigenvalue weighted by atomic mass is 35.5. The van der Waals surface area contributed by atoms with Gasteiger partial charge in [0, 0.05) is 38.9 Å². The van der Waals surface area contributed by atoms with Crippen molar-refractivity contribution in [1.82, 2.24) is 4.57 Å². The van der Waals surface area contributed by atoms with Gasteiger partial charge in [0.05, 0.1) is 6.04 Å². The van der Waals surface area contributed by atoms with Crippen LogP contribution in [0.1, 0.15) is 27.7 Å². The van der Waals surface area contributed by atoms with Crippen molar-refractivity contribution in [3.05, 3.63) is 99.6 Å². The zero-order chi connectivity index (χ0) is 18.4. The highest BCUT2D eigenvalue weighted by Crippen LogP contribution is 2.38. The molecule has 2 aromatic heterocycles. The molecule has 1 N–H and O–H groups in total. The van der Waals surface area contributed by atoms with Crippen LogP contribution in [0.3, 0.4) is 0 Å².